The average Bonchev–Trinajstić information content (AvgIpc) is 1.77. The molecule has 0 spiro atoms. The van der Waals surface area contributed by atoms with Crippen LogP contribution in [0, 0.1) is 0 Å². The summed E-state index contributed by atoms with van der Waals surface area (Å²) in [6.45, 7) is 2.08. The van der Waals surface area contributed by atoms with Gasteiger partial charge in [0.05, 0.1) is 10.9 Å². The average molecular weight is 174 g/mol. The van der Waals surface area contributed by atoms with Crippen molar-refractivity contribution in [3.8, 4) is 0 Å². The van der Waals surface area contributed by atoms with Gasteiger partial charge >= 0.3 is 0 Å². The molecule has 0 N–H and O–H groups in total. The van der Waals surface area contributed by atoms with E-state index in [1.54, 1.807) is 0 Å². The van der Waals surface area contributed by atoms with E-state index < -0.39 is 0 Å². The monoisotopic (exact) mass is 173 g/mol. The Kier molecular flexibility index (Phi) is 1.84. The molecule has 0 amide bonds. The molecule has 0 saturated heterocycles. The van der Waals surface area contributed by atoms with Crippen LogP contribution in [0.5, 0.6) is 0 Å². The maximum absolute atomic E-state index is 4.15. The first-order chi connectivity index (χ1) is 3.80. The molecular formula is C6H8BrN. The summed E-state index contributed by atoms with van der Waals surface area (Å²) in [4.78, 5) is 4.59. The fourth-order valence-electron chi connectivity index (χ4n) is 0.584. The van der Waals surface area contributed by atoms with Gasteiger partial charge in [-0.15, -0.1) is 0 Å². The number of rotatable bonds is 0. The topological polar surface area (TPSA) is 12.4 Å². The van der Waals surface area contributed by atoms with Gasteiger partial charge in [0.15, 0.2) is 0 Å². The number of hydrogen-bond donors (Lipinski definition) is 0. The lowest BCUT2D eigenvalue weighted by molar-refractivity contribution is 0.780. The van der Waals surface area contributed by atoms with Gasteiger partial charge in [-0.1, -0.05) is 22.0 Å². The number of nitrogens with zero attached hydrogens (tertiary/aromatic N) is 1. The standard InChI is InChI=1S/C6H8BrN/c1-5-6(7)3-2-4-8-5/h2-6H,1H3. The summed E-state index contributed by atoms with van der Waals surface area (Å²) >= 11 is 3.45. The minimum Gasteiger partial charge on any atom is -0.289 e. The maximum Gasteiger partial charge on any atom is 0.0631 e. The van der Waals surface area contributed by atoms with E-state index in [-0.39, 0.29) is 0 Å². The van der Waals surface area contributed by atoms with Crippen LogP contribution >= 0.6 is 15.9 Å². The van der Waals surface area contributed by atoms with E-state index in [1.165, 1.54) is 0 Å². The minimum atomic E-state index is 0.403. The smallest absolute Gasteiger partial charge is 0.0631 e. The molecule has 1 rings (SSSR count). The van der Waals surface area contributed by atoms with Crippen molar-refractivity contribution >= 4 is 22.1 Å². The van der Waals surface area contributed by atoms with Gasteiger partial charge in [-0.2, -0.15) is 0 Å². The van der Waals surface area contributed by atoms with Crippen LogP contribution in [0.1, 0.15) is 6.92 Å². The lowest BCUT2D eigenvalue weighted by Gasteiger charge is -2.11. The van der Waals surface area contributed by atoms with Gasteiger partial charge in [0, 0.05) is 6.21 Å². The summed E-state index contributed by atoms with van der Waals surface area (Å²) in [6, 6.07) is 0.403. The summed E-state index contributed by atoms with van der Waals surface area (Å²) in [7, 11) is 0. The van der Waals surface area contributed by atoms with Gasteiger partial charge in [-0.3, -0.25) is 4.99 Å². The number of allylic oxidation sites excluding steroid dienone is 1. The van der Waals surface area contributed by atoms with Crippen LogP contribution in [0.4, 0.5) is 0 Å². The van der Waals surface area contributed by atoms with E-state index in [0.717, 1.165) is 0 Å². The van der Waals surface area contributed by atoms with E-state index in [2.05, 4.69) is 33.9 Å². The molecule has 1 aliphatic heterocycles. The van der Waals surface area contributed by atoms with Crippen molar-refractivity contribution in [2.24, 2.45) is 4.99 Å². The van der Waals surface area contributed by atoms with Crippen LogP contribution in [0.25, 0.3) is 0 Å². The van der Waals surface area contributed by atoms with Crippen LogP contribution in [0.2, 0.25) is 0 Å². The van der Waals surface area contributed by atoms with Crippen LogP contribution in [0.15, 0.2) is 17.1 Å². The van der Waals surface area contributed by atoms with Crippen molar-refractivity contribution in [3.63, 3.8) is 0 Å². The first kappa shape index (κ1) is 6.02. The fourth-order valence-corrected chi connectivity index (χ4v) is 0.897. The number of alkyl halides is 1. The summed E-state index contributed by atoms with van der Waals surface area (Å²) in [5.74, 6) is 0. The predicted octanol–water partition coefficient (Wildman–Crippen LogP) is 1.78. The zero-order chi connectivity index (χ0) is 5.98. The Morgan fingerprint density at radius 2 is 2.38 bits per heavy atom. The second kappa shape index (κ2) is 2.44. The Morgan fingerprint density at radius 1 is 1.62 bits per heavy atom. The Labute approximate surface area is 57.6 Å². The van der Waals surface area contributed by atoms with Crippen molar-refractivity contribution in [1.82, 2.24) is 0 Å². The van der Waals surface area contributed by atoms with Crippen molar-refractivity contribution in [2.45, 2.75) is 17.8 Å². The Hall–Kier alpha value is -0.110. The van der Waals surface area contributed by atoms with E-state index in [4.69, 9.17) is 0 Å². The molecule has 0 aromatic carbocycles. The number of dihydropyridines is 1. The van der Waals surface area contributed by atoms with Crippen molar-refractivity contribution < 1.29 is 0 Å². The third-order valence-corrected chi connectivity index (χ3v) is 2.23. The highest BCUT2D eigenvalue weighted by molar-refractivity contribution is 9.09. The Balaban J connectivity index is 2.59. The summed E-state index contributed by atoms with van der Waals surface area (Å²) in [5.41, 5.74) is 0. The number of aliphatic imine (C=N–C) groups is 1. The maximum atomic E-state index is 4.15. The van der Waals surface area contributed by atoms with Gasteiger partial charge in [0.25, 0.3) is 0 Å². The zero-order valence-electron chi connectivity index (χ0n) is 4.71. The van der Waals surface area contributed by atoms with Crippen LogP contribution < -0.4 is 0 Å². The third-order valence-electron chi connectivity index (χ3n) is 1.16. The molecule has 0 bridgehead atoms. The van der Waals surface area contributed by atoms with E-state index in [9.17, 15) is 0 Å². The van der Waals surface area contributed by atoms with Crippen LogP contribution in [-0.4, -0.2) is 17.1 Å². The molecule has 2 heteroatoms. The fraction of sp³-hybridized carbons (Fsp3) is 0.500. The normalized spacial score (nSPS) is 35.8. The molecule has 2 atom stereocenters. The quantitative estimate of drug-likeness (QED) is 0.496. The number of hydrogen-bond acceptors (Lipinski definition) is 1. The van der Waals surface area contributed by atoms with Crippen molar-refractivity contribution in [3.05, 3.63) is 12.2 Å². The largest absolute Gasteiger partial charge is 0.289 e. The van der Waals surface area contributed by atoms with Gasteiger partial charge in [0.2, 0.25) is 0 Å². The zero-order valence-corrected chi connectivity index (χ0v) is 6.30. The third kappa shape index (κ3) is 1.19. The molecule has 0 aliphatic carbocycles. The molecule has 0 radical (unpaired) electrons. The molecule has 0 fully saturated rings. The molecular weight excluding hydrogens is 166 g/mol. The molecule has 8 heavy (non-hydrogen) atoms. The second-order valence-electron chi connectivity index (χ2n) is 1.87. The SMILES string of the molecule is CC1N=CC=CC1Br. The summed E-state index contributed by atoms with van der Waals surface area (Å²) < 4.78 is 0. The first-order valence-electron chi connectivity index (χ1n) is 2.65. The lowest BCUT2D eigenvalue weighted by Crippen LogP contribution is -2.14. The van der Waals surface area contributed by atoms with Crippen molar-refractivity contribution in [2.75, 3.05) is 0 Å². The summed E-state index contributed by atoms with van der Waals surface area (Å²) in [5, 5.41) is 0. The molecule has 0 aromatic heterocycles. The highest BCUT2D eigenvalue weighted by atomic mass is 79.9. The van der Waals surface area contributed by atoms with Gasteiger partial charge in [-0.25, -0.2) is 0 Å². The van der Waals surface area contributed by atoms with Crippen LogP contribution in [0.3, 0.4) is 0 Å². The Morgan fingerprint density at radius 3 is 2.75 bits per heavy atom. The molecule has 44 valence electrons. The lowest BCUT2D eigenvalue weighted by atomic mass is 10.2. The number of halogens is 1. The molecule has 1 nitrogen and oxygen atoms in total. The van der Waals surface area contributed by atoms with E-state index in [0.29, 0.717) is 10.9 Å². The minimum absolute atomic E-state index is 0.403. The molecule has 0 saturated carbocycles. The Bertz CT molecular complexity index is 112. The highest BCUT2D eigenvalue weighted by Gasteiger charge is 2.09. The van der Waals surface area contributed by atoms with Gasteiger partial charge in [0.1, 0.15) is 0 Å². The molecule has 2 unspecified atom stereocenters. The molecule has 1 heterocycles. The van der Waals surface area contributed by atoms with Gasteiger partial charge in [-0.05, 0) is 13.0 Å². The highest BCUT2D eigenvalue weighted by Crippen LogP contribution is 2.12. The first-order valence-corrected chi connectivity index (χ1v) is 3.56. The van der Waals surface area contributed by atoms with E-state index >= 15 is 0 Å². The molecule has 0 aromatic rings. The predicted molar refractivity (Wildman–Crippen MR) is 39.8 cm³/mol. The van der Waals surface area contributed by atoms with E-state index in [1.807, 2.05) is 12.3 Å². The van der Waals surface area contributed by atoms with Crippen molar-refractivity contribution in [1.29, 1.82) is 0 Å². The van der Waals surface area contributed by atoms with Gasteiger partial charge < -0.3 is 0 Å². The molecule has 1 aliphatic rings. The van der Waals surface area contributed by atoms with Crippen LogP contribution in [-0.2, 0) is 0 Å². The summed E-state index contributed by atoms with van der Waals surface area (Å²) in [6.07, 6.45) is 5.89. The second-order valence-corrected chi connectivity index (χ2v) is 2.93.